The van der Waals surface area contributed by atoms with Gasteiger partial charge in [0.2, 0.25) is 0 Å². The van der Waals surface area contributed by atoms with Crippen molar-refractivity contribution in [3.05, 3.63) is 59.2 Å². The van der Waals surface area contributed by atoms with Crippen LogP contribution in [0.4, 0.5) is 0 Å². The topological polar surface area (TPSA) is 58.6 Å². The molecule has 2 aromatic carbocycles. The number of phenols is 1. The molecule has 0 saturated heterocycles. The summed E-state index contributed by atoms with van der Waals surface area (Å²) in [6, 6.07) is 12.6. The van der Waals surface area contributed by atoms with Crippen molar-refractivity contribution in [1.29, 1.82) is 0 Å². The highest BCUT2D eigenvalue weighted by atomic mass is 16.5. The molecule has 0 atom stereocenters. The Bertz CT molecular complexity index is 638. The molecule has 0 saturated carbocycles. The van der Waals surface area contributed by atoms with Crippen molar-refractivity contribution in [3.63, 3.8) is 0 Å². The maximum Gasteiger partial charge on any atom is 0.251 e. The Morgan fingerprint density at radius 3 is 2.67 bits per heavy atom. The van der Waals surface area contributed by atoms with E-state index in [1.165, 1.54) is 7.11 Å². The van der Waals surface area contributed by atoms with E-state index in [0.29, 0.717) is 17.9 Å². The van der Waals surface area contributed by atoms with Crippen LogP contribution in [0.2, 0.25) is 0 Å². The number of rotatable bonds is 5. The molecule has 0 aliphatic carbocycles. The maximum atomic E-state index is 12.2. The number of nitrogens with one attached hydrogen (secondary N) is 1. The Morgan fingerprint density at radius 2 is 2.00 bits per heavy atom. The van der Waals surface area contributed by atoms with Crippen LogP contribution in [0.1, 0.15) is 28.4 Å². The van der Waals surface area contributed by atoms with Crippen molar-refractivity contribution < 1.29 is 14.6 Å². The van der Waals surface area contributed by atoms with Crippen LogP contribution >= 0.6 is 0 Å². The normalized spacial score (nSPS) is 10.2. The predicted molar refractivity (Wildman–Crippen MR) is 81.6 cm³/mol. The van der Waals surface area contributed by atoms with Gasteiger partial charge in [-0.2, -0.15) is 0 Å². The molecule has 4 heteroatoms. The summed E-state index contributed by atoms with van der Waals surface area (Å²) in [5, 5.41) is 12.6. The highest BCUT2D eigenvalue weighted by Gasteiger charge is 2.10. The summed E-state index contributed by atoms with van der Waals surface area (Å²) in [5.74, 6) is 0.377. The molecule has 2 rings (SSSR count). The summed E-state index contributed by atoms with van der Waals surface area (Å²) >= 11 is 0. The van der Waals surface area contributed by atoms with Crippen LogP contribution < -0.4 is 10.1 Å². The summed E-state index contributed by atoms with van der Waals surface area (Å²) in [7, 11) is 1.50. The number of carbonyl (C=O) groups is 1. The van der Waals surface area contributed by atoms with Crippen LogP contribution in [-0.2, 0) is 13.0 Å². The highest BCUT2D eigenvalue weighted by Crippen LogP contribution is 2.26. The van der Waals surface area contributed by atoms with Gasteiger partial charge in [-0.05, 0) is 35.7 Å². The third-order valence-corrected chi connectivity index (χ3v) is 3.34. The first kappa shape index (κ1) is 14.9. The number of amides is 1. The van der Waals surface area contributed by atoms with E-state index in [0.717, 1.165) is 17.5 Å². The zero-order valence-corrected chi connectivity index (χ0v) is 12.2. The molecule has 4 nitrogen and oxygen atoms in total. The van der Waals surface area contributed by atoms with E-state index >= 15 is 0 Å². The molecule has 2 N–H and O–H groups in total. The van der Waals surface area contributed by atoms with Gasteiger partial charge < -0.3 is 15.2 Å². The Labute approximate surface area is 124 Å². The maximum absolute atomic E-state index is 12.2. The van der Waals surface area contributed by atoms with E-state index in [4.69, 9.17) is 4.74 Å². The number of aromatic hydroxyl groups is 1. The molecule has 0 fully saturated rings. The van der Waals surface area contributed by atoms with Crippen molar-refractivity contribution in [1.82, 2.24) is 5.32 Å². The van der Waals surface area contributed by atoms with Gasteiger partial charge in [-0.25, -0.2) is 0 Å². The number of aryl methyl sites for hydroxylation is 1. The zero-order chi connectivity index (χ0) is 15.2. The van der Waals surface area contributed by atoms with E-state index in [1.807, 2.05) is 37.3 Å². The summed E-state index contributed by atoms with van der Waals surface area (Å²) in [6.07, 6.45) is 0.812. The van der Waals surface area contributed by atoms with E-state index in [1.54, 1.807) is 12.1 Å². The number of phenolic OH excluding ortho intramolecular Hbond substituents is 1. The van der Waals surface area contributed by atoms with Crippen LogP contribution in [0.5, 0.6) is 11.5 Å². The molecule has 2 aromatic rings. The lowest BCUT2D eigenvalue weighted by molar-refractivity contribution is 0.0950. The molecular weight excluding hydrogens is 266 g/mol. The molecule has 110 valence electrons. The molecule has 1 amide bonds. The molecule has 0 aliphatic heterocycles. The number of methoxy groups -OCH3 is 1. The van der Waals surface area contributed by atoms with Gasteiger partial charge in [0.1, 0.15) is 0 Å². The summed E-state index contributed by atoms with van der Waals surface area (Å²) in [4.78, 5) is 12.2. The standard InChI is InChI=1S/C17H19NO3/c1-3-13-6-4-5-7-14(13)17(20)18-11-12-8-9-16(21-2)15(19)10-12/h4-10,19H,3,11H2,1-2H3,(H,18,20). The van der Waals surface area contributed by atoms with Gasteiger partial charge in [-0.3, -0.25) is 4.79 Å². The van der Waals surface area contributed by atoms with Crippen LogP contribution in [-0.4, -0.2) is 18.1 Å². The van der Waals surface area contributed by atoms with E-state index in [2.05, 4.69) is 5.32 Å². The fourth-order valence-corrected chi connectivity index (χ4v) is 2.17. The predicted octanol–water partition coefficient (Wildman–Crippen LogP) is 2.89. The van der Waals surface area contributed by atoms with Crippen LogP contribution in [0, 0.1) is 0 Å². The molecule has 0 heterocycles. The number of carbonyl (C=O) groups excluding carboxylic acids is 1. The highest BCUT2D eigenvalue weighted by molar-refractivity contribution is 5.95. The minimum Gasteiger partial charge on any atom is -0.504 e. The van der Waals surface area contributed by atoms with Crippen molar-refractivity contribution in [2.45, 2.75) is 19.9 Å². The third-order valence-electron chi connectivity index (χ3n) is 3.34. The van der Waals surface area contributed by atoms with Crippen molar-refractivity contribution in [2.24, 2.45) is 0 Å². The summed E-state index contributed by atoms with van der Waals surface area (Å²) in [5.41, 5.74) is 2.53. The van der Waals surface area contributed by atoms with E-state index < -0.39 is 0 Å². The van der Waals surface area contributed by atoms with Crippen LogP contribution in [0.3, 0.4) is 0 Å². The van der Waals surface area contributed by atoms with Gasteiger partial charge in [0.15, 0.2) is 11.5 Å². The van der Waals surface area contributed by atoms with Crippen LogP contribution in [0.15, 0.2) is 42.5 Å². The Balaban J connectivity index is 2.06. The van der Waals surface area contributed by atoms with Gasteiger partial charge in [-0.1, -0.05) is 31.2 Å². The van der Waals surface area contributed by atoms with Gasteiger partial charge in [0, 0.05) is 12.1 Å². The molecule has 0 spiro atoms. The Kier molecular flexibility index (Phi) is 4.82. The lowest BCUT2D eigenvalue weighted by Crippen LogP contribution is -2.23. The molecular formula is C17H19NO3. The first-order valence-corrected chi connectivity index (χ1v) is 6.87. The summed E-state index contributed by atoms with van der Waals surface area (Å²) < 4.78 is 4.99. The average Bonchev–Trinajstić information content (AvgIpc) is 2.52. The average molecular weight is 285 g/mol. The van der Waals surface area contributed by atoms with Gasteiger partial charge >= 0.3 is 0 Å². The van der Waals surface area contributed by atoms with Crippen molar-refractivity contribution in [3.8, 4) is 11.5 Å². The molecule has 0 unspecified atom stereocenters. The summed E-state index contributed by atoms with van der Waals surface area (Å²) in [6.45, 7) is 2.38. The largest absolute Gasteiger partial charge is 0.504 e. The fraction of sp³-hybridized carbons (Fsp3) is 0.235. The number of benzene rings is 2. The number of hydrogen-bond donors (Lipinski definition) is 2. The first-order valence-electron chi connectivity index (χ1n) is 6.87. The lowest BCUT2D eigenvalue weighted by atomic mass is 10.0. The van der Waals surface area contributed by atoms with Gasteiger partial charge in [0.25, 0.3) is 5.91 Å². The van der Waals surface area contributed by atoms with Crippen molar-refractivity contribution in [2.75, 3.05) is 7.11 Å². The second kappa shape index (κ2) is 6.79. The fourth-order valence-electron chi connectivity index (χ4n) is 2.17. The van der Waals surface area contributed by atoms with Gasteiger partial charge in [-0.15, -0.1) is 0 Å². The lowest BCUT2D eigenvalue weighted by Gasteiger charge is -2.10. The molecule has 0 aliphatic rings. The Morgan fingerprint density at radius 1 is 1.24 bits per heavy atom. The molecule has 0 bridgehead atoms. The van der Waals surface area contributed by atoms with Crippen LogP contribution in [0.25, 0.3) is 0 Å². The van der Waals surface area contributed by atoms with Crippen molar-refractivity contribution >= 4 is 5.91 Å². The molecule has 0 aromatic heterocycles. The molecule has 0 radical (unpaired) electrons. The Hall–Kier alpha value is -2.49. The molecule has 21 heavy (non-hydrogen) atoms. The third kappa shape index (κ3) is 3.54. The smallest absolute Gasteiger partial charge is 0.251 e. The minimum absolute atomic E-state index is 0.0678. The van der Waals surface area contributed by atoms with E-state index in [9.17, 15) is 9.90 Å². The van der Waals surface area contributed by atoms with E-state index in [-0.39, 0.29) is 11.7 Å². The minimum atomic E-state index is -0.109. The first-order chi connectivity index (χ1) is 10.2. The van der Waals surface area contributed by atoms with Gasteiger partial charge in [0.05, 0.1) is 7.11 Å². The number of hydrogen-bond acceptors (Lipinski definition) is 3. The SMILES string of the molecule is CCc1ccccc1C(=O)NCc1ccc(OC)c(O)c1. The second-order valence-corrected chi connectivity index (χ2v) is 4.70. The number of ether oxygens (including phenoxy) is 1. The zero-order valence-electron chi connectivity index (χ0n) is 12.2. The quantitative estimate of drug-likeness (QED) is 0.888. The second-order valence-electron chi connectivity index (χ2n) is 4.70. The monoisotopic (exact) mass is 285 g/mol.